The Labute approximate surface area is 90.0 Å². The van der Waals surface area contributed by atoms with Gasteiger partial charge in [-0.05, 0) is 25.0 Å². The molecule has 82 valence electrons. The van der Waals surface area contributed by atoms with E-state index in [4.69, 9.17) is 4.74 Å². The fourth-order valence-electron chi connectivity index (χ4n) is 1.18. The van der Waals surface area contributed by atoms with Gasteiger partial charge in [-0.2, -0.15) is 0 Å². The van der Waals surface area contributed by atoms with Crippen LogP contribution in [0.3, 0.4) is 0 Å². The minimum absolute atomic E-state index is 0.158. The SMILES string of the molecule is COC(=O)CCCCOc1ccccc1. The molecule has 0 fully saturated rings. The molecule has 0 saturated carbocycles. The second-order valence-electron chi connectivity index (χ2n) is 3.19. The summed E-state index contributed by atoms with van der Waals surface area (Å²) >= 11 is 0. The molecule has 0 saturated heterocycles. The second-order valence-corrected chi connectivity index (χ2v) is 3.19. The number of benzene rings is 1. The molecule has 0 aromatic heterocycles. The Hall–Kier alpha value is -1.51. The van der Waals surface area contributed by atoms with Gasteiger partial charge in [-0.15, -0.1) is 0 Å². The Kier molecular flexibility index (Phi) is 5.30. The van der Waals surface area contributed by atoms with E-state index in [0.29, 0.717) is 13.0 Å². The fourth-order valence-corrected chi connectivity index (χ4v) is 1.18. The Morgan fingerprint density at radius 1 is 1.20 bits per heavy atom. The lowest BCUT2D eigenvalue weighted by atomic mass is 10.2. The average molecular weight is 208 g/mol. The number of carbonyl (C=O) groups is 1. The summed E-state index contributed by atoms with van der Waals surface area (Å²) in [7, 11) is 1.41. The van der Waals surface area contributed by atoms with E-state index in [1.54, 1.807) is 0 Å². The van der Waals surface area contributed by atoms with Crippen LogP contribution in [0.15, 0.2) is 30.3 Å². The van der Waals surface area contributed by atoms with Crippen LogP contribution in [0.25, 0.3) is 0 Å². The average Bonchev–Trinajstić information content (AvgIpc) is 2.29. The minimum atomic E-state index is -0.158. The second kappa shape index (κ2) is 6.87. The van der Waals surface area contributed by atoms with Crippen molar-refractivity contribution in [3.8, 4) is 5.75 Å². The van der Waals surface area contributed by atoms with Crippen LogP contribution in [0.2, 0.25) is 0 Å². The van der Waals surface area contributed by atoms with Gasteiger partial charge >= 0.3 is 5.97 Å². The van der Waals surface area contributed by atoms with Crippen LogP contribution in [0.1, 0.15) is 19.3 Å². The standard InChI is InChI=1S/C12H16O3/c1-14-12(13)9-5-6-10-15-11-7-3-2-4-8-11/h2-4,7-8H,5-6,9-10H2,1H3. The van der Waals surface area contributed by atoms with Gasteiger partial charge in [0.25, 0.3) is 0 Å². The first-order valence-electron chi connectivity index (χ1n) is 5.07. The lowest BCUT2D eigenvalue weighted by Crippen LogP contribution is -2.02. The Morgan fingerprint density at radius 2 is 1.93 bits per heavy atom. The van der Waals surface area contributed by atoms with Gasteiger partial charge in [-0.25, -0.2) is 0 Å². The van der Waals surface area contributed by atoms with Gasteiger partial charge in [-0.3, -0.25) is 4.79 Å². The van der Waals surface area contributed by atoms with Crippen LogP contribution in [0.4, 0.5) is 0 Å². The number of methoxy groups -OCH3 is 1. The molecule has 0 aliphatic carbocycles. The van der Waals surface area contributed by atoms with Gasteiger partial charge in [0.05, 0.1) is 13.7 Å². The first-order chi connectivity index (χ1) is 7.33. The van der Waals surface area contributed by atoms with Crippen molar-refractivity contribution in [2.24, 2.45) is 0 Å². The van der Waals surface area contributed by atoms with Gasteiger partial charge < -0.3 is 9.47 Å². The molecule has 0 heterocycles. The van der Waals surface area contributed by atoms with Crippen molar-refractivity contribution in [2.75, 3.05) is 13.7 Å². The van der Waals surface area contributed by atoms with Crippen molar-refractivity contribution >= 4 is 5.97 Å². The van der Waals surface area contributed by atoms with Crippen molar-refractivity contribution in [1.82, 2.24) is 0 Å². The minimum Gasteiger partial charge on any atom is -0.494 e. The highest BCUT2D eigenvalue weighted by Gasteiger charge is 1.99. The van der Waals surface area contributed by atoms with Crippen LogP contribution in [0.5, 0.6) is 5.75 Å². The molecule has 3 heteroatoms. The number of unbranched alkanes of at least 4 members (excludes halogenated alkanes) is 1. The molecule has 0 unspecified atom stereocenters. The summed E-state index contributed by atoms with van der Waals surface area (Å²) in [6.45, 7) is 0.640. The molecule has 1 rings (SSSR count). The van der Waals surface area contributed by atoms with E-state index in [1.165, 1.54) is 7.11 Å². The lowest BCUT2D eigenvalue weighted by molar-refractivity contribution is -0.140. The highest BCUT2D eigenvalue weighted by Crippen LogP contribution is 2.09. The third kappa shape index (κ3) is 5.05. The maximum atomic E-state index is 10.8. The summed E-state index contributed by atoms with van der Waals surface area (Å²) < 4.78 is 10.0. The maximum absolute atomic E-state index is 10.8. The van der Waals surface area contributed by atoms with Gasteiger partial charge in [0.15, 0.2) is 0 Å². The topological polar surface area (TPSA) is 35.5 Å². The predicted molar refractivity (Wildman–Crippen MR) is 57.8 cm³/mol. The van der Waals surface area contributed by atoms with E-state index in [9.17, 15) is 4.79 Å². The largest absolute Gasteiger partial charge is 0.494 e. The normalized spacial score (nSPS) is 9.67. The Morgan fingerprint density at radius 3 is 2.60 bits per heavy atom. The van der Waals surface area contributed by atoms with E-state index in [2.05, 4.69) is 4.74 Å². The van der Waals surface area contributed by atoms with Crippen molar-refractivity contribution in [1.29, 1.82) is 0 Å². The molecular weight excluding hydrogens is 192 g/mol. The molecule has 1 aromatic rings. The van der Waals surface area contributed by atoms with Crippen molar-refractivity contribution in [2.45, 2.75) is 19.3 Å². The number of para-hydroxylation sites is 1. The molecule has 0 atom stereocenters. The van der Waals surface area contributed by atoms with Crippen LogP contribution in [-0.2, 0) is 9.53 Å². The summed E-state index contributed by atoms with van der Waals surface area (Å²) in [5.74, 6) is 0.713. The lowest BCUT2D eigenvalue weighted by Gasteiger charge is -2.04. The number of esters is 1. The fraction of sp³-hybridized carbons (Fsp3) is 0.417. The molecule has 0 spiro atoms. The molecule has 0 bridgehead atoms. The molecule has 0 radical (unpaired) electrons. The first-order valence-corrected chi connectivity index (χ1v) is 5.07. The van der Waals surface area contributed by atoms with Gasteiger partial charge in [-0.1, -0.05) is 18.2 Å². The van der Waals surface area contributed by atoms with Crippen molar-refractivity contribution in [3.05, 3.63) is 30.3 Å². The zero-order chi connectivity index (χ0) is 10.9. The van der Waals surface area contributed by atoms with Crippen LogP contribution in [0, 0.1) is 0 Å². The molecule has 0 N–H and O–H groups in total. The van der Waals surface area contributed by atoms with E-state index < -0.39 is 0 Å². The molecule has 0 aliphatic rings. The molecular formula is C12H16O3. The predicted octanol–water partition coefficient (Wildman–Crippen LogP) is 2.41. The molecule has 1 aromatic carbocycles. The summed E-state index contributed by atoms with van der Waals surface area (Å²) in [4.78, 5) is 10.8. The summed E-state index contributed by atoms with van der Waals surface area (Å²) in [6.07, 6.45) is 2.14. The summed E-state index contributed by atoms with van der Waals surface area (Å²) in [5.41, 5.74) is 0. The highest BCUT2D eigenvalue weighted by molar-refractivity contribution is 5.68. The Balaban J connectivity index is 2.05. The van der Waals surface area contributed by atoms with E-state index in [0.717, 1.165) is 18.6 Å². The first kappa shape index (κ1) is 11.6. The Bertz CT molecular complexity index is 282. The van der Waals surface area contributed by atoms with E-state index >= 15 is 0 Å². The smallest absolute Gasteiger partial charge is 0.305 e. The number of carbonyl (C=O) groups excluding carboxylic acids is 1. The highest BCUT2D eigenvalue weighted by atomic mass is 16.5. The number of hydrogen-bond acceptors (Lipinski definition) is 3. The van der Waals surface area contributed by atoms with Crippen LogP contribution in [-0.4, -0.2) is 19.7 Å². The zero-order valence-corrected chi connectivity index (χ0v) is 8.94. The third-order valence-corrected chi connectivity index (χ3v) is 2.01. The zero-order valence-electron chi connectivity index (χ0n) is 8.94. The molecule has 0 amide bonds. The van der Waals surface area contributed by atoms with E-state index in [1.807, 2.05) is 30.3 Å². The third-order valence-electron chi connectivity index (χ3n) is 2.01. The molecule has 15 heavy (non-hydrogen) atoms. The molecule has 3 nitrogen and oxygen atoms in total. The number of hydrogen-bond donors (Lipinski definition) is 0. The van der Waals surface area contributed by atoms with Gasteiger partial charge in [0.1, 0.15) is 5.75 Å². The monoisotopic (exact) mass is 208 g/mol. The van der Waals surface area contributed by atoms with Gasteiger partial charge in [0, 0.05) is 6.42 Å². The van der Waals surface area contributed by atoms with Crippen molar-refractivity contribution < 1.29 is 14.3 Å². The number of rotatable bonds is 6. The molecule has 0 aliphatic heterocycles. The van der Waals surface area contributed by atoms with Crippen molar-refractivity contribution in [3.63, 3.8) is 0 Å². The van der Waals surface area contributed by atoms with Crippen LogP contribution < -0.4 is 4.74 Å². The maximum Gasteiger partial charge on any atom is 0.305 e. The quantitative estimate of drug-likeness (QED) is 0.532. The summed E-state index contributed by atoms with van der Waals surface area (Å²) in [6, 6.07) is 9.65. The summed E-state index contributed by atoms with van der Waals surface area (Å²) in [5, 5.41) is 0. The number of ether oxygens (including phenoxy) is 2. The van der Waals surface area contributed by atoms with Crippen LogP contribution >= 0.6 is 0 Å². The van der Waals surface area contributed by atoms with E-state index in [-0.39, 0.29) is 5.97 Å². The van der Waals surface area contributed by atoms with Gasteiger partial charge in [0.2, 0.25) is 0 Å².